The smallest absolute Gasteiger partial charge is 0.329 e. The van der Waals surface area contributed by atoms with Crippen molar-refractivity contribution >= 4 is 11.2 Å². The summed E-state index contributed by atoms with van der Waals surface area (Å²) in [6, 6.07) is 0. The van der Waals surface area contributed by atoms with Gasteiger partial charge in [0.25, 0.3) is 5.56 Å². The van der Waals surface area contributed by atoms with Gasteiger partial charge in [0.05, 0.1) is 5.69 Å². The first-order valence-corrected chi connectivity index (χ1v) is 5.61. The van der Waals surface area contributed by atoms with Crippen molar-refractivity contribution in [2.45, 2.75) is 13.8 Å². The van der Waals surface area contributed by atoms with Crippen LogP contribution in [0, 0.1) is 13.8 Å². The number of nitrogens with one attached hydrogen (secondary N) is 2. The van der Waals surface area contributed by atoms with Crippen molar-refractivity contribution in [2.75, 3.05) is 0 Å². The summed E-state index contributed by atoms with van der Waals surface area (Å²) in [4.78, 5) is 36.6. The lowest BCUT2D eigenvalue weighted by molar-refractivity contribution is 0.531. The molecule has 0 spiro atoms. The van der Waals surface area contributed by atoms with Crippen LogP contribution < -0.4 is 11.2 Å². The molecule has 3 aromatic rings. The van der Waals surface area contributed by atoms with Gasteiger partial charge in [0.2, 0.25) is 0 Å². The van der Waals surface area contributed by atoms with Gasteiger partial charge >= 0.3 is 5.69 Å². The second kappa shape index (κ2) is 3.67. The van der Waals surface area contributed by atoms with Gasteiger partial charge in [-0.1, -0.05) is 0 Å². The molecule has 3 heterocycles. The van der Waals surface area contributed by atoms with Crippen LogP contribution in [0.1, 0.15) is 11.6 Å². The molecular weight excluding hydrogens is 250 g/mol. The number of oxazole rings is 1. The van der Waals surface area contributed by atoms with Gasteiger partial charge in [-0.25, -0.2) is 14.8 Å². The van der Waals surface area contributed by atoms with E-state index in [0.717, 1.165) is 0 Å². The number of hydrogen-bond acceptors (Lipinski definition) is 5. The number of imidazole rings is 1. The van der Waals surface area contributed by atoms with Crippen molar-refractivity contribution < 1.29 is 4.42 Å². The van der Waals surface area contributed by atoms with Crippen LogP contribution in [0.15, 0.2) is 14.0 Å². The SMILES string of the molecule is Cc1nc(C)c(-c2nc3c([nH]2)c(=O)[nH]c(=O)n3C)o1. The van der Waals surface area contributed by atoms with Crippen molar-refractivity contribution in [1.29, 1.82) is 0 Å². The molecule has 0 saturated heterocycles. The minimum absolute atomic E-state index is 0.227. The zero-order valence-electron chi connectivity index (χ0n) is 10.6. The largest absolute Gasteiger partial charge is 0.437 e. The van der Waals surface area contributed by atoms with Crippen LogP contribution >= 0.6 is 0 Å². The maximum Gasteiger partial charge on any atom is 0.329 e. The third kappa shape index (κ3) is 1.60. The van der Waals surface area contributed by atoms with Gasteiger partial charge in [0.1, 0.15) is 5.52 Å². The number of aromatic nitrogens is 5. The van der Waals surface area contributed by atoms with Crippen LogP contribution in [0.3, 0.4) is 0 Å². The van der Waals surface area contributed by atoms with Crippen LogP contribution in [0.25, 0.3) is 22.7 Å². The van der Waals surface area contributed by atoms with Gasteiger partial charge in [0.15, 0.2) is 23.1 Å². The van der Waals surface area contributed by atoms with E-state index in [0.29, 0.717) is 23.2 Å². The second-order valence-electron chi connectivity index (χ2n) is 4.25. The number of H-pyrrole nitrogens is 2. The van der Waals surface area contributed by atoms with Crippen molar-refractivity contribution in [2.24, 2.45) is 7.05 Å². The molecule has 0 atom stereocenters. The Bertz CT molecular complexity index is 895. The first-order chi connectivity index (χ1) is 8.97. The Morgan fingerprint density at radius 2 is 1.89 bits per heavy atom. The average Bonchev–Trinajstić information content (AvgIpc) is 2.90. The highest BCUT2D eigenvalue weighted by atomic mass is 16.4. The summed E-state index contributed by atoms with van der Waals surface area (Å²) < 4.78 is 6.69. The Kier molecular flexibility index (Phi) is 2.21. The number of aryl methyl sites for hydroxylation is 3. The summed E-state index contributed by atoms with van der Waals surface area (Å²) in [7, 11) is 1.53. The molecule has 0 amide bonds. The van der Waals surface area contributed by atoms with Crippen molar-refractivity contribution in [3.63, 3.8) is 0 Å². The van der Waals surface area contributed by atoms with Gasteiger partial charge in [-0.2, -0.15) is 0 Å². The highest BCUT2D eigenvalue weighted by Gasteiger charge is 2.17. The number of nitrogens with zero attached hydrogens (tertiary/aromatic N) is 3. The number of aromatic amines is 2. The lowest BCUT2D eigenvalue weighted by atomic mass is 10.3. The van der Waals surface area contributed by atoms with Crippen LogP contribution in [0.2, 0.25) is 0 Å². The summed E-state index contributed by atoms with van der Waals surface area (Å²) in [5, 5.41) is 0. The molecule has 0 saturated carbocycles. The Hall–Kier alpha value is -2.64. The van der Waals surface area contributed by atoms with Gasteiger partial charge in [-0.3, -0.25) is 14.3 Å². The Balaban J connectivity index is 2.37. The fourth-order valence-electron chi connectivity index (χ4n) is 1.96. The van der Waals surface area contributed by atoms with Crippen molar-refractivity contribution in [3.8, 4) is 11.6 Å². The maximum absolute atomic E-state index is 11.7. The van der Waals surface area contributed by atoms with E-state index in [2.05, 4.69) is 19.9 Å². The molecule has 0 unspecified atom stereocenters. The molecule has 19 heavy (non-hydrogen) atoms. The predicted octanol–water partition coefficient (Wildman–Crippen LogP) is 0.222. The van der Waals surface area contributed by atoms with E-state index in [1.165, 1.54) is 11.6 Å². The number of rotatable bonds is 1. The van der Waals surface area contributed by atoms with E-state index < -0.39 is 11.2 Å². The normalized spacial score (nSPS) is 11.3. The molecule has 0 fully saturated rings. The molecule has 0 bridgehead atoms. The highest BCUT2D eigenvalue weighted by molar-refractivity contribution is 5.74. The Morgan fingerprint density at radius 1 is 1.16 bits per heavy atom. The van der Waals surface area contributed by atoms with E-state index in [-0.39, 0.29) is 11.2 Å². The third-order valence-corrected chi connectivity index (χ3v) is 2.87. The molecule has 0 aromatic carbocycles. The molecular formula is C11H11N5O3. The molecule has 0 aliphatic carbocycles. The fraction of sp³-hybridized carbons (Fsp3) is 0.273. The fourth-order valence-corrected chi connectivity index (χ4v) is 1.96. The molecule has 3 rings (SSSR count). The van der Waals surface area contributed by atoms with Crippen LogP contribution in [0.5, 0.6) is 0 Å². The zero-order valence-corrected chi connectivity index (χ0v) is 10.6. The van der Waals surface area contributed by atoms with E-state index in [9.17, 15) is 9.59 Å². The third-order valence-electron chi connectivity index (χ3n) is 2.87. The molecule has 8 nitrogen and oxygen atoms in total. The van der Waals surface area contributed by atoms with Gasteiger partial charge in [-0.05, 0) is 6.92 Å². The first kappa shape index (κ1) is 11.5. The van der Waals surface area contributed by atoms with Gasteiger partial charge in [-0.15, -0.1) is 0 Å². The highest BCUT2D eigenvalue weighted by Crippen LogP contribution is 2.22. The summed E-state index contributed by atoms with van der Waals surface area (Å²) in [5.74, 6) is 1.34. The second-order valence-corrected chi connectivity index (χ2v) is 4.25. The maximum atomic E-state index is 11.7. The van der Waals surface area contributed by atoms with Crippen LogP contribution in [-0.4, -0.2) is 24.5 Å². The minimum atomic E-state index is -0.513. The average molecular weight is 261 g/mol. The van der Waals surface area contributed by atoms with Gasteiger partial charge in [0, 0.05) is 14.0 Å². The molecule has 2 N–H and O–H groups in total. The van der Waals surface area contributed by atoms with Crippen LogP contribution in [0.4, 0.5) is 0 Å². The minimum Gasteiger partial charge on any atom is -0.437 e. The number of hydrogen-bond donors (Lipinski definition) is 2. The molecule has 98 valence electrons. The molecule has 8 heteroatoms. The monoisotopic (exact) mass is 261 g/mol. The first-order valence-electron chi connectivity index (χ1n) is 5.61. The van der Waals surface area contributed by atoms with E-state index >= 15 is 0 Å². The summed E-state index contributed by atoms with van der Waals surface area (Å²) in [5.41, 5.74) is 0.146. The molecule has 0 radical (unpaired) electrons. The molecule has 3 aromatic heterocycles. The van der Waals surface area contributed by atoms with E-state index in [4.69, 9.17) is 4.42 Å². The molecule has 0 aliphatic rings. The summed E-state index contributed by atoms with van der Waals surface area (Å²) in [6.07, 6.45) is 0. The van der Waals surface area contributed by atoms with Crippen molar-refractivity contribution in [3.05, 3.63) is 32.4 Å². The van der Waals surface area contributed by atoms with Crippen molar-refractivity contribution in [1.82, 2.24) is 24.5 Å². The van der Waals surface area contributed by atoms with E-state index in [1.807, 2.05) is 0 Å². The Morgan fingerprint density at radius 3 is 2.53 bits per heavy atom. The predicted molar refractivity (Wildman–Crippen MR) is 66.9 cm³/mol. The van der Waals surface area contributed by atoms with Crippen LogP contribution in [-0.2, 0) is 7.05 Å². The van der Waals surface area contributed by atoms with Gasteiger partial charge < -0.3 is 9.40 Å². The number of fused-ring (bicyclic) bond motifs is 1. The van der Waals surface area contributed by atoms with E-state index in [1.54, 1.807) is 13.8 Å². The summed E-state index contributed by atoms with van der Waals surface area (Å²) in [6.45, 7) is 3.50. The topological polar surface area (TPSA) is 110 Å². The Labute approximate surface area is 106 Å². The molecule has 0 aliphatic heterocycles. The standard InChI is InChI=1S/C11H11N5O3/c1-4-7(19-5(2)12-4)8-13-6-9(14-8)16(3)11(18)15-10(6)17/h1-3H3,(H,13,14)(H,15,17,18). The quantitative estimate of drug-likeness (QED) is 0.651. The lowest BCUT2D eigenvalue weighted by Gasteiger charge is -1.94. The summed E-state index contributed by atoms with van der Waals surface area (Å²) >= 11 is 0. The lowest BCUT2D eigenvalue weighted by Crippen LogP contribution is -2.28. The zero-order chi connectivity index (χ0) is 13.7.